The van der Waals surface area contributed by atoms with Crippen molar-refractivity contribution in [3.05, 3.63) is 125 Å². The third-order valence-corrected chi connectivity index (χ3v) is 8.19. The smallest absolute Gasteiger partial charge is 0.269 e. The molecule has 0 radical (unpaired) electrons. The van der Waals surface area contributed by atoms with Gasteiger partial charge in [0.15, 0.2) is 5.13 Å². The van der Waals surface area contributed by atoms with Crippen molar-refractivity contribution < 1.29 is 18.8 Å². The van der Waals surface area contributed by atoms with Crippen molar-refractivity contribution in [2.24, 2.45) is 4.99 Å². The number of imide groups is 1. The highest BCUT2D eigenvalue weighted by Gasteiger charge is 2.54. The Morgan fingerprint density at radius 3 is 1.98 bits per heavy atom. The molecule has 0 bridgehead atoms. The van der Waals surface area contributed by atoms with E-state index < -0.39 is 29.2 Å². The van der Waals surface area contributed by atoms with E-state index in [0.29, 0.717) is 21.9 Å². The summed E-state index contributed by atoms with van der Waals surface area (Å²) in [5, 5.41) is 0.339. The number of anilines is 2. The molecule has 40 heavy (non-hydrogen) atoms. The van der Waals surface area contributed by atoms with Crippen molar-refractivity contribution in [3.8, 4) is 0 Å². The Bertz CT molecular complexity index is 1860. The van der Waals surface area contributed by atoms with Gasteiger partial charge >= 0.3 is 0 Å². The molecule has 1 unspecified atom stereocenters. The number of halogens is 1. The summed E-state index contributed by atoms with van der Waals surface area (Å²) < 4.78 is 16.2. The van der Waals surface area contributed by atoms with Gasteiger partial charge in [0, 0.05) is 11.1 Å². The standard InChI is InChI=1S/C31H19FN4O3S/c1-31(36-27(37)18-10-2-3-11-19(18)28(36)38)29(39)35(30-33-23-15-7-9-17-25(23)40-30)24-16-8-5-13-21(24)26(34-31)20-12-4-6-14-22(20)32/h2-17H,1H3. The zero-order valence-electron chi connectivity index (χ0n) is 21.0. The molecule has 0 aliphatic carbocycles. The van der Waals surface area contributed by atoms with Gasteiger partial charge in [-0.25, -0.2) is 19.3 Å². The number of nitrogens with zero attached hydrogens (tertiary/aromatic N) is 4. The molecule has 1 atom stereocenters. The van der Waals surface area contributed by atoms with Crippen LogP contribution < -0.4 is 4.90 Å². The molecule has 0 fully saturated rings. The molecule has 2 aliphatic heterocycles. The van der Waals surface area contributed by atoms with Crippen molar-refractivity contribution in [2.45, 2.75) is 12.6 Å². The largest absolute Gasteiger partial charge is 0.282 e. The lowest BCUT2D eigenvalue weighted by molar-refractivity contribution is -0.126. The molecule has 0 N–H and O–H groups in total. The predicted octanol–water partition coefficient (Wildman–Crippen LogP) is 5.96. The van der Waals surface area contributed by atoms with E-state index >= 15 is 4.39 Å². The van der Waals surface area contributed by atoms with Gasteiger partial charge in [-0.2, -0.15) is 0 Å². The predicted molar refractivity (Wildman–Crippen MR) is 151 cm³/mol. The normalized spacial score (nSPS) is 18.6. The molecule has 5 aromatic rings. The van der Waals surface area contributed by atoms with Crippen molar-refractivity contribution in [2.75, 3.05) is 4.90 Å². The van der Waals surface area contributed by atoms with Crippen molar-refractivity contribution in [3.63, 3.8) is 0 Å². The van der Waals surface area contributed by atoms with Crippen LogP contribution in [0.15, 0.2) is 102 Å². The first-order valence-corrected chi connectivity index (χ1v) is 13.3. The van der Waals surface area contributed by atoms with Gasteiger partial charge < -0.3 is 0 Å². The minimum atomic E-state index is -2.07. The Kier molecular flexibility index (Phi) is 5.26. The van der Waals surface area contributed by atoms with Crippen molar-refractivity contribution in [1.82, 2.24) is 9.88 Å². The molecule has 3 heterocycles. The Balaban J connectivity index is 1.53. The van der Waals surface area contributed by atoms with Gasteiger partial charge in [0.2, 0.25) is 5.66 Å². The fraction of sp³-hybridized carbons (Fsp3) is 0.0645. The van der Waals surface area contributed by atoms with Gasteiger partial charge in [-0.15, -0.1) is 0 Å². The highest BCUT2D eigenvalue weighted by molar-refractivity contribution is 7.22. The molecule has 0 spiro atoms. The molecule has 9 heteroatoms. The first-order valence-electron chi connectivity index (χ1n) is 12.5. The number of amides is 3. The molecule has 7 nitrogen and oxygen atoms in total. The third-order valence-electron chi connectivity index (χ3n) is 7.17. The zero-order valence-corrected chi connectivity index (χ0v) is 21.9. The summed E-state index contributed by atoms with van der Waals surface area (Å²) in [4.78, 5) is 54.0. The van der Waals surface area contributed by atoms with Crippen LogP contribution in [0.1, 0.15) is 38.8 Å². The number of hydrogen-bond acceptors (Lipinski definition) is 6. The van der Waals surface area contributed by atoms with Crippen LogP contribution in [0.3, 0.4) is 0 Å². The lowest BCUT2D eigenvalue weighted by Gasteiger charge is -2.34. The van der Waals surface area contributed by atoms with E-state index in [1.54, 1.807) is 66.7 Å². The average Bonchev–Trinajstić information content (AvgIpc) is 3.48. The molecule has 1 aromatic heterocycles. The first kappa shape index (κ1) is 24.1. The van der Waals surface area contributed by atoms with E-state index in [9.17, 15) is 14.4 Å². The van der Waals surface area contributed by atoms with E-state index in [1.165, 1.54) is 29.2 Å². The van der Waals surface area contributed by atoms with E-state index in [-0.39, 0.29) is 22.4 Å². The number of rotatable bonds is 3. The minimum Gasteiger partial charge on any atom is -0.269 e. The van der Waals surface area contributed by atoms with E-state index in [2.05, 4.69) is 0 Å². The SMILES string of the molecule is CC1(N2C(=O)c3ccccc3C2=O)N=C(c2ccccc2F)c2ccccc2N(c2nc3ccccc3s2)C1=O. The summed E-state index contributed by atoms with van der Waals surface area (Å²) in [5.41, 5.74) is 0.127. The fourth-order valence-corrected chi connectivity index (χ4v) is 6.23. The maximum absolute atomic E-state index is 15.3. The second-order valence-electron chi connectivity index (χ2n) is 9.57. The van der Waals surface area contributed by atoms with Crippen molar-refractivity contribution >= 4 is 55.8 Å². The Hall–Kier alpha value is -5.02. The van der Waals surface area contributed by atoms with Gasteiger partial charge in [-0.05, 0) is 49.4 Å². The third kappa shape index (κ3) is 3.37. The maximum Gasteiger partial charge on any atom is 0.282 e. The lowest BCUT2D eigenvalue weighted by Crippen LogP contribution is -2.58. The topological polar surface area (TPSA) is 82.9 Å². The van der Waals surface area contributed by atoms with Crippen LogP contribution in [-0.4, -0.2) is 39.0 Å². The first-order chi connectivity index (χ1) is 19.4. The van der Waals surface area contributed by atoms with Gasteiger partial charge in [0.25, 0.3) is 17.7 Å². The molecular formula is C31H19FN4O3S. The van der Waals surface area contributed by atoms with Crippen LogP contribution in [0.2, 0.25) is 0 Å². The van der Waals surface area contributed by atoms with Gasteiger partial charge in [0.1, 0.15) is 5.82 Å². The number of hydrogen-bond donors (Lipinski definition) is 0. The summed E-state index contributed by atoms with van der Waals surface area (Å²) >= 11 is 1.29. The number of para-hydroxylation sites is 2. The Morgan fingerprint density at radius 1 is 0.725 bits per heavy atom. The Labute approximate surface area is 231 Å². The van der Waals surface area contributed by atoms with E-state index in [0.717, 1.165) is 9.60 Å². The summed E-state index contributed by atoms with van der Waals surface area (Å²) in [7, 11) is 0. The van der Waals surface area contributed by atoms with Crippen LogP contribution in [0.25, 0.3) is 10.2 Å². The van der Waals surface area contributed by atoms with Gasteiger partial charge in [-0.1, -0.05) is 65.9 Å². The average molecular weight is 547 g/mol. The highest BCUT2D eigenvalue weighted by atomic mass is 32.1. The second kappa shape index (κ2) is 8.75. The number of carbonyl (C=O) groups excluding carboxylic acids is 3. The van der Waals surface area contributed by atoms with Crippen LogP contribution in [0.4, 0.5) is 15.2 Å². The molecule has 3 amide bonds. The number of benzene rings is 4. The quantitative estimate of drug-likeness (QED) is 0.261. The fourth-order valence-electron chi connectivity index (χ4n) is 5.25. The van der Waals surface area contributed by atoms with E-state index in [1.807, 2.05) is 24.3 Å². The van der Waals surface area contributed by atoms with Crippen LogP contribution in [0, 0.1) is 5.82 Å². The summed E-state index contributed by atoms with van der Waals surface area (Å²) in [6.45, 7) is 1.42. The van der Waals surface area contributed by atoms with Crippen LogP contribution in [-0.2, 0) is 4.79 Å². The van der Waals surface area contributed by atoms with Crippen molar-refractivity contribution in [1.29, 1.82) is 0 Å². The monoisotopic (exact) mass is 546 g/mol. The zero-order chi connectivity index (χ0) is 27.6. The molecule has 4 aromatic carbocycles. The number of carbonyl (C=O) groups is 3. The summed E-state index contributed by atoms with van der Waals surface area (Å²) in [6, 6.07) is 26.9. The maximum atomic E-state index is 15.3. The molecular weight excluding hydrogens is 527 g/mol. The number of thiazole rings is 1. The molecule has 2 aliphatic rings. The Morgan fingerprint density at radius 2 is 1.30 bits per heavy atom. The number of benzodiazepines with no additional fused rings is 1. The molecule has 0 saturated carbocycles. The second-order valence-corrected chi connectivity index (χ2v) is 10.6. The molecule has 194 valence electrons. The van der Waals surface area contributed by atoms with Crippen LogP contribution >= 0.6 is 11.3 Å². The molecule has 7 rings (SSSR count). The summed E-state index contributed by atoms with van der Waals surface area (Å²) in [6.07, 6.45) is 0. The number of fused-ring (bicyclic) bond motifs is 3. The van der Waals surface area contributed by atoms with Gasteiger partial charge in [0.05, 0.1) is 32.7 Å². The minimum absolute atomic E-state index is 0.136. The van der Waals surface area contributed by atoms with Crippen LogP contribution in [0.5, 0.6) is 0 Å². The van der Waals surface area contributed by atoms with E-state index in [4.69, 9.17) is 9.98 Å². The van der Waals surface area contributed by atoms with Gasteiger partial charge in [-0.3, -0.25) is 19.3 Å². The number of aromatic nitrogens is 1. The summed E-state index contributed by atoms with van der Waals surface area (Å²) in [5.74, 6) is -2.52. The lowest BCUT2D eigenvalue weighted by atomic mass is 9.99. The molecule has 0 saturated heterocycles. The number of aliphatic imine (C=N–C) groups is 1. The highest BCUT2D eigenvalue weighted by Crippen LogP contribution is 2.43.